The van der Waals surface area contributed by atoms with E-state index in [9.17, 15) is 4.39 Å². The summed E-state index contributed by atoms with van der Waals surface area (Å²) in [6.45, 7) is 0. The van der Waals surface area contributed by atoms with Crippen molar-refractivity contribution in [2.24, 2.45) is 0 Å². The molecule has 17 heavy (non-hydrogen) atoms. The standard InChI is InChI=1S/C13H14FN.CH4O/c14-12-7-6-11(9-13(12)15)8-10-4-2-1-3-5-10;1-2/h2,4-7,9H,1,3,8,15H2;2H,1H3. The average molecular weight is 235 g/mol. The maximum atomic E-state index is 12.9. The topological polar surface area (TPSA) is 46.2 Å². The highest BCUT2D eigenvalue weighted by Gasteiger charge is 2.02. The number of aliphatic hydroxyl groups excluding tert-OH is 1. The molecule has 0 heterocycles. The molecule has 0 saturated carbocycles. The van der Waals surface area contributed by atoms with Crippen molar-refractivity contribution in [3.8, 4) is 0 Å². The first-order valence-electron chi connectivity index (χ1n) is 5.60. The third kappa shape index (κ3) is 4.04. The minimum absolute atomic E-state index is 0.230. The molecule has 1 aliphatic rings. The molecule has 0 unspecified atom stereocenters. The summed E-state index contributed by atoms with van der Waals surface area (Å²) in [6, 6.07) is 4.92. The van der Waals surface area contributed by atoms with Gasteiger partial charge in [0.15, 0.2) is 0 Å². The predicted molar refractivity (Wildman–Crippen MR) is 69.1 cm³/mol. The van der Waals surface area contributed by atoms with Crippen molar-refractivity contribution in [2.75, 3.05) is 12.8 Å². The molecule has 0 fully saturated rings. The zero-order valence-corrected chi connectivity index (χ0v) is 9.99. The quantitative estimate of drug-likeness (QED) is 0.774. The summed E-state index contributed by atoms with van der Waals surface area (Å²) < 4.78 is 12.9. The minimum Gasteiger partial charge on any atom is -0.400 e. The van der Waals surface area contributed by atoms with E-state index in [1.165, 1.54) is 11.6 Å². The lowest BCUT2D eigenvalue weighted by Crippen LogP contribution is -1.95. The van der Waals surface area contributed by atoms with Gasteiger partial charge >= 0.3 is 0 Å². The lowest BCUT2D eigenvalue weighted by atomic mass is 9.99. The number of halogens is 1. The number of nitrogen functional groups attached to an aromatic ring is 1. The van der Waals surface area contributed by atoms with E-state index < -0.39 is 0 Å². The van der Waals surface area contributed by atoms with Gasteiger partial charge in [-0.1, -0.05) is 24.3 Å². The highest BCUT2D eigenvalue weighted by atomic mass is 19.1. The van der Waals surface area contributed by atoms with Crippen LogP contribution in [0.5, 0.6) is 0 Å². The van der Waals surface area contributed by atoms with Crippen molar-refractivity contribution in [2.45, 2.75) is 19.3 Å². The monoisotopic (exact) mass is 235 g/mol. The molecule has 1 aromatic carbocycles. The molecule has 2 nitrogen and oxygen atoms in total. The fraction of sp³-hybridized carbons (Fsp3) is 0.286. The van der Waals surface area contributed by atoms with Crippen LogP contribution in [0.4, 0.5) is 10.1 Å². The second-order valence-corrected chi connectivity index (χ2v) is 3.79. The van der Waals surface area contributed by atoms with Crippen molar-refractivity contribution >= 4 is 5.69 Å². The molecule has 0 radical (unpaired) electrons. The summed E-state index contributed by atoms with van der Waals surface area (Å²) in [4.78, 5) is 0. The van der Waals surface area contributed by atoms with Gasteiger partial charge in [0.2, 0.25) is 0 Å². The number of benzene rings is 1. The summed E-state index contributed by atoms with van der Waals surface area (Å²) in [7, 11) is 1.00. The number of allylic oxidation sites excluding steroid dienone is 4. The van der Waals surface area contributed by atoms with Gasteiger partial charge in [-0.3, -0.25) is 0 Å². The highest BCUT2D eigenvalue weighted by molar-refractivity contribution is 5.44. The number of aliphatic hydroxyl groups is 1. The van der Waals surface area contributed by atoms with Gasteiger partial charge in [0.1, 0.15) is 5.82 Å². The molecule has 3 N–H and O–H groups in total. The van der Waals surface area contributed by atoms with E-state index in [2.05, 4.69) is 18.2 Å². The Bertz CT molecular complexity index is 424. The Morgan fingerprint density at radius 3 is 2.65 bits per heavy atom. The molecule has 0 spiro atoms. The van der Waals surface area contributed by atoms with Gasteiger partial charge in [-0.25, -0.2) is 4.39 Å². The lowest BCUT2D eigenvalue weighted by molar-refractivity contribution is 0.399. The van der Waals surface area contributed by atoms with Crippen LogP contribution in [0, 0.1) is 5.82 Å². The van der Waals surface area contributed by atoms with Gasteiger partial charge in [0, 0.05) is 7.11 Å². The van der Waals surface area contributed by atoms with Crippen molar-refractivity contribution in [1.82, 2.24) is 0 Å². The van der Waals surface area contributed by atoms with Crippen molar-refractivity contribution in [1.29, 1.82) is 0 Å². The SMILES string of the molecule is CO.Nc1cc(CC2=CCCC=C2)ccc1F. The van der Waals surface area contributed by atoms with E-state index in [0.29, 0.717) is 0 Å². The molecule has 0 aliphatic heterocycles. The van der Waals surface area contributed by atoms with Gasteiger partial charge in [-0.15, -0.1) is 0 Å². The molecule has 3 heteroatoms. The fourth-order valence-electron chi connectivity index (χ4n) is 1.74. The van der Waals surface area contributed by atoms with Crippen molar-refractivity contribution < 1.29 is 9.50 Å². The Hall–Kier alpha value is -1.61. The molecule has 0 atom stereocenters. The second kappa shape index (κ2) is 6.86. The first-order valence-corrected chi connectivity index (χ1v) is 5.60. The Morgan fingerprint density at radius 1 is 1.29 bits per heavy atom. The van der Waals surface area contributed by atoms with E-state index in [-0.39, 0.29) is 11.5 Å². The van der Waals surface area contributed by atoms with Crippen LogP contribution in [0.25, 0.3) is 0 Å². The van der Waals surface area contributed by atoms with Crippen molar-refractivity contribution in [3.63, 3.8) is 0 Å². The van der Waals surface area contributed by atoms with Crippen LogP contribution in [-0.2, 0) is 6.42 Å². The minimum atomic E-state index is -0.341. The Morgan fingerprint density at radius 2 is 2.06 bits per heavy atom. The van der Waals surface area contributed by atoms with Crippen molar-refractivity contribution in [3.05, 3.63) is 53.4 Å². The van der Waals surface area contributed by atoms with Gasteiger partial charge in [0.05, 0.1) is 5.69 Å². The molecule has 1 aromatic rings. The van der Waals surface area contributed by atoms with E-state index in [0.717, 1.165) is 31.9 Å². The van der Waals surface area contributed by atoms with Crippen LogP contribution >= 0.6 is 0 Å². The van der Waals surface area contributed by atoms with Crippen LogP contribution in [0.15, 0.2) is 42.0 Å². The van der Waals surface area contributed by atoms with E-state index in [1.54, 1.807) is 12.1 Å². The summed E-state index contributed by atoms with van der Waals surface area (Å²) >= 11 is 0. The first kappa shape index (κ1) is 13.5. The molecule has 1 aliphatic carbocycles. The van der Waals surface area contributed by atoms with Gasteiger partial charge < -0.3 is 10.8 Å². The smallest absolute Gasteiger partial charge is 0.146 e. The molecule has 0 aromatic heterocycles. The maximum Gasteiger partial charge on any atom is 0.146 e. The zero-order chi connectivity index (χ0) is 12.7. The predicted octanol–water partition coefficient (Wildman–Crippen LogP) is 2.84. The summed E-state index contributed by atoms with van der Waals surface area (Å²) in [5, 5.41) is 7.00. The first-order chi connectivity index (χ1) is 8.25. The molecule has 0 bridgehead atoms. The third-order valence-corrected chi connectivity index (χ3v) is 2.54. The van der Waals surface area contributed by atoms with Gasteiger partial charge in [-0.2, -0.15) is 0 Å². The van der Waals surface area contributed by atoms with Gasteiger partial charge in [-0.05, 0) is 42.5 Å². The summed E-state index contributed by atoms with van der Waals surface area (Å²) in [6.07, 6.45) is 9.57. The Balaban J connectivity index is 0.000000686. The summed E-state index contributed by atoms with van der Waals surface area (Å²) in [5.74, 6) is -0.341. The zero-order valence-electron chi connectivity index (χ0n) is 9.99. The fourth-order valence-corrected chi connectivity index (χ4v) is 1.74. The Kier molecular flexibility index (Phi) is 5.43. The van der Waals surface area contributed by atoms with Crippen LogP contribution < -0.4 is 5.73 Å². The van der Waals surface area contributed by atoms with Crippen LogP contribution in [0.2, 0.25) is 0 Å². The number of hydrogen-bond acceptors (Lipinski definition) is 2. The molecule has 92 valence electrons. The average Bonchev–Trinajstić information content (AvgIpc) is 2.38. The highest BCUT2D eigenvalue weighted by Crippen LogP contribution is 2.18. The largest absolute Gasteiger partial charge is 0.400 e. The lowest BCUT2D eigenvalue weighted by Gasteiger charge is -2.07. The van der Waals surface area contributed by atoms with Crippen LogP contribution in [0.1, 0.15) is 18.4 Å². The molecular formula is C14H18FNO. The number of hydrogen-bond donors (Lipinski definition) is 2. The van der Waals surface area contributed by atoms with Crippen LogP contribution in [0.3, 0.4) is 0 Å². The summed E-state index contributed by atoms with van der Waals surface area (Å²) in [5.41, 5.74) is 8.09. The van der Waals surface area contributed by atoms with E-state index in [1.807, 2.05) is 0 Å². The van der Waals surface area contributed by atoms with E-state index in [4.69, 9.17) is 10.8 Å². The third-order valence-electron chi connectivity index (χ3n) is 2.54. The molecule has 0 amide bonds. The van der Waals surface area contributed by atoms with E-state index >= 15 is 0 Å². The normalized spacial score (nSPS) is 13.7. The molecular weight excluding hydrogens is 217 g/mol. The molecule has 2 rings (SSSR count). The maximum absolute atomic E-state index is 12.9. The number of rotatable bonds is 2. The van der Waals surface area contributed by atoms with Crippen LogP contribution in [-0.4, -0.2) is 12.2 Å². The Labute approximate surface area is 101 Å². The number of anilines is 1. The second-order valence-electron chi connectivity index (χ2n) is 3.79. The number of nitrogens with two attached hydrogens (primary N) is 1. The molecule has 0 saturated heterocycles. The van der Waals surface area contributed by atoms with Gasteiger partial charge in [0.25, 0.3) is 0 Å².